The van der Waals surface area contributed by atoms with E-state index in [4.69, 9.17) is 8.83 Å². The largest absolute Gasteiger partial charge is 0.456 e. The van der Waals surface area contributed by atoms with Crippen molar-refractivity contribution in [2.45, 2.75) is 0 Å². The van der Waals surface area contributed by atoms with Gasteiger partial charge in [0.2, 0.25) is 0 Å². The third-order valence-corrected chi connectivity index (χ3v) is 10.9. The second-order valence-electron chi connectivity index (χ2n) is 14.1. The molecule has 2 aromatic heterocycles. The van der Waals surface area contributed by atoms with Crippen LogP contribution in [0.15, 0.2) is 209 Å². The van der Waals surface area contributed by atoms with Gasteiger partial charge in [-0.2, -0.15) is 0 Å². The van der Waals surface area contributed by atoms with E-state index in [-0.39, 0.29) is 0 Å². The van der Waals surface area contributed by atoms with Gasteiger partial charge in [0.25, 0.3) is 0 Å². The quantitative estimate of drug-likeness (QED) is 0.173. The topological polar surface area (TPSA) is 29.5 Å². The van der Waals surface area contributed by atoms with Gasteiger partial charge >= 0.3 is 0 Å². The van der Waals surface area contributed by atoms with Crippen LogP contribution in [0.3, 0.4) is 0 Å². The molecule has 3 heteroatoms. The molecule has 0 aliphatic rings. The second kappa shape index (κ2) is 12.6. The van der Waals surface area contributed by atoms with Crippen LogP contribution in [-0.2, 0) is 0 Å². The van der Waals surface area contributed by atoms with E-state index in [1.54, 1.807) is 0 Å². The fourth-order valence-electron chi connectivity index (χ4n) is 8.10. The molecule has 0 amide bonds. The Morgan fingerprint density at radius 1 is 0.291 bits per heavy atom. The third kappa shape index (κ3) is 5.36. The van der Waals surface area contributed by atoms with E-state index in [0.717, 1.165) is 83.0 Å². The predicted octanol–water partition coefficient (Wildman–Crippen LogP) is 15.1. The Kier molecular flexibility index (Phi) is 7.17. The highest BCUT2D eigenvalue weighted by Crippen LogP contribution is 2.40. The number of hydrogen-bond acceptors (Lipinski definition) is 3. The summed E-state index contributed by atoms with van der Waals surface area (Å²) in [6.45, 7) is 0. The molecule has 11 aromatic rings. The minimum absolute atomic E-state index is 0.905. The lowest BCUT2D eigenvalue weighted by molar-refractivity contribution is 0.669. The SMILES string of the molecule is c1ccc(-c2ccc(N(c3ccc(-c4ccc5cc6oc7ccccc7c6cc5c4)cc3)c3ccc(-c4cccc5c4oc4ccccc45)cc3)cc2)cc1. The maximum Gasteiger partial charge on any atom is 0.143 e. The van der Waals surface area contributed by atoms with Gasteiger partial charge in [-0.15, -0.1) is 0 Å². The molecule has 0 aliphatic heterocycles. The molecule has 0 saturated carbocycles. The number of furan rings is 2. The lowest BCUT2D eigenvalue weighted by Gasteiger charge is -2.26. The number of rotatable bonds is 6. The van der Waals surface area contributed by atoms with E-state index in [1.807, 2.05) is 24.3 Å². The van der Waals surface area contributed by atoms with Gasteiger partial charge in [-0.05, 0) is 105 Å². The zero-order chi connectivity index (χ0) is 36.3. The van der Waals surface area contributed by atoms with E-state index < -0.39 is 0 Å². The first-order valence-electron chi connectivity index (χ1n) is 18.7. The highest BCUT2D eigenvalue weighted by molar-refractivity contribution is 6.11. The molecule has 0 spiro atoms. The molecule has 0 unspecified atom stereocenters. The van der Waals surface area contributed by atoms with Crippen molar-refractivity contribution in [3.63, 3.8) is 0 Å². The van der Waals surface area contributed by atoms with Gasteiger partial charge in [-0.3, -0.25) is 0 Å². The van der Waals surface area contributed by atoms with Crippen LogP contribution in [0.4, 0.5) is 17.1 Å². The molecule has 3 nitrogen and oxygen atoms in total. The lowest BCUT2D eigenvalue weighted by Crippen LogP contribution is -2.09. The van der Waals surface area contributed by atoms with Gasteiger partial charge < -0.3 is 13.7 Å². The molecule has 9 aromatic carbocycles. The van der Waals surface area contributed by atoms with E-state index in [9.17, 15) is 0 Å². The van der Waals surface area contributed by atoms with Crippen molar-refractivity contribution in [3.8, 4) is 33.4 Å². The van der Waals surface area contributed by atoms with Crippen molar-refractivity contribution in [3.05, 3.63) is 200 Å². The number of benzene rings is 9. The maximum absolute atomic E-state index is 6.39. The molecule has 0 bridgehead atoms. The first kappa shape index (κ1) is 31.2. The molecule has 0 N–H and O–H groups in total. The van der Waals surface area contributed by atoms with E-state index in [0.29, 0.717) is 0 Å². The van der Waals surface area contributed by atoms with Crippen LogP contribution in [-0.4, -0.2) is 0 Å². The Balaban J connectivity index is 0.973. The van der Waals surface area contributed by atoms with Gasteiger partial charge in [0.1, 0.15) is 22.3 Å². The molecular formula is C52H33NO2. The molecule has 0 saturated heterocycles. The van der Waals surface area contributed by atoms with E-state index in [1.165, 1.54) is 22.1 Å². The molecule has 0 fully saturated rings. The monoisotopic (exact) mass is 703 g/mol. The van der Waals surface area contributed by atoms with Gasteiger partial charge in [0.15, 0.2) is 0 Å². The Hall–Kier alpha value is -7.36. The summed E-state index contributed by atoms with van der Waals surface area (Å²) in [4.78, 5) is 2.32. The number of anilines is 3. The average Bonchev–Trinajstić information content (AvgIpc) is 3.82. The van der Waals surface area contributed by atoms with Crippen LogP contribution >= 0.6 is 0 Å². The molecule has 0 radical (unpaired) electrons. The number of nitrogens with zero attached hydrogens (tertiary/aromatic N) is 1. The molecule has 0 atom stereocenters. The number of fused-ring (bicyclic) bond motifs is 7. The highest BCUT2D eigenvalue weighted by Gasteiger charge is 2.16. The van der Waals surface area contributed by atoms with Gasteiger partial charge in [0, 0.05) is 44.2 Å². The molecule has 258 valence electrons. The Morgan fingerprint density at radius 2 is 0.818 bits per heavy atom. The Labute approximate surface area is 317 Å². The van der Waals surface area contributed by atoms with Crippen LogP contribution in [0.1, 0.15) is 0 Å². The molecule has 0 aliphatic carbocycles. The first-order valence-corrected chi connectivity index (χ1v) is 18.7. The predicted molar refractivity (Wildman–Crippen MR) is 229 cm³/mol. The Morgan fingerprint density at radius 3 is 1.51 bits per heavy atom. The van der Waals surface area contributed by atoms with Crippen LogP contribution in [0.25, 0.3) is 88.0 Å². The zero-order valence-corrected chi connectivity index (χ0v) is 29.8. The molecule has 2 heterocycles. The van der Waals surface area contributed by atoms with Crippen LogP contribution in [0, 0.1) is 0 Å². The van der Waals surface area contributed by atoms with E-state index >= 15 is 0 Å². The zero-order valence-electron chi connectivity index (χ0n) is 29.8. The normalized spacial score (nSPS) is 11.6. The van der Waals surface area contributed by atoms with Crippen LogP contribution in [0.2, 0.25) is 0 Å². The van der Waals surface area contributed by atoms with Gasteiger partial charge in [-0.1, -0.05) is 133 Å². The van der Waals surface area contributed by atoms with Crippen molar-refractivity contribution in [2.24, 2.45) is 0 Å². The summed E-state index contributed by atoms with van der Waals surface area (Å²) < 4.78 is 12.6. The summed E-state index contributed by atoms with van der Waals surface area (Å²) in [5, 5.41) is 6.91. The van der Waals surface area contributed by atoms with Crippen molar-refractivity contribution in [2.75, 3.05) is 4.90 Å². The van der Waals surface area contributed by atoms with Crippen molar-refractivity contribution < 1.29 is 8.83 Å². The average molecular weight is 704 g/mol. The van der Waals surface area contributed by atoms with Crippen LogP contribution < -0.4 is 4.90 Å². The summed E-state index contributed by atoms with van der Waals surface area (Å²) in [5.41, 5.74) is 13.8. The summed E-state index contributed by atoms with van der Waals surface area (Å²) in [7, 11) is 0. The number of hydrogen-bond donors (Lipinski definition) is 0. The summed E-state index contributed by atoms with van der Waals surface area (Å²) in [5.74, 6) is 0. The summed E-state index contributed by atoms with van der Waals surface area (Å²) >= 11 is 0. The third-order valence-electron chi connectivity index (χ3n) is 10.9. The smallest absolute Gasteiger partial charge is 0.143 e. The molecule has 11 rings (SSSR count). The van der Waals surface area contributed by atoms with Crippen LogP contribution in [0.5, 0.6) is 0 Å². The molecule has 55 heavy (non-hydrogen) atoms. The van der Waals surface area contributed by atoms with Gasteiger partial charge in [-0.25, -0.2) is 0 Å². The van der Waals surface area contributed by atoms with E-state index in [2.05, 4.69) is 181 Å². The second-order valence-corrected chi connectivity index (χ2v) is 14.1. The highest BCUT2D eigenvalue weighted by atomic mass is 16.3. The Bertz CT molecular complexity index is 3170. The first-order chi connectivity index (χ1) is 27.2. The lowest BCUT2D eigenvalue weighted by atomic mass is 9.99. The minimum atomic E-state index is 0.905. The summed E-state index contributed by atoms with van der Waals surface area (Å²) in [6.07, 6.45) is 0. The molecular weight excluding hydrogens is 671 g/mol. The number of para-hydroxylation sites is 3. The fraction of sp³-hybridized carbons (Fsp3) is 0. The van der Waals surface area contributed by atoms with Crippen molar-refractivity contribution in [1.29, 1.82) is 0 Å². The summed E-state index contributed by atoms with van der Waals surface area (Å²) in [6, 6.07) is 71.1. The fourth-order valence-corrected chi connectivity index (χ4v) is 8.10. The minimum Gasteiger partial charge on any atom is -0.456 e. The maximum atomic E-state index is 6.39. The van der Waals surface area contributed by atoms with Gasteiger partial charge in [0.05, 0.1) is 0 Å². The van der Waals surface area contributed by atoms with Crippen molar-refractivity contribution >= 4 is 71.7 Å². The van der Waals surface area contributed by atoms with Crippen molar-refractivity contribution in [1.82, 2.24) is 0 Å². The standard InChI is InChI=1S/C52H33NO2/c1-2-9-34(10-3-1)35-19-25-41(26-20-35)53(43-29-23-37(24-30-43)44-13-8-14-47-45-11-4-7-16-50(45)55-52(44)47)42-27-21-36(22-28-42)38-17-18-39-33-51-48(32-40(39)31-38)46-12-5-6-15-49(46)54-51/h1-33H.